The molecule has 3 aromatic heterocycles. The largest absolute Gasteiger partial charge is 0.481 e. The number of benzene rings is 1. The van der Waals surface area contributed by atoms with E-state index in [-0.39, 0.29) is 0 Å². The number of aromatic nitrogens is 3. The van der Waals surface area contributed by atoms with Crippen LogP contribution in [0.4, 0.5) is 5.82 Å². The van der Waals surface area contributed by atoms with Crippen molar-refractivity contribution in [3.05, 3.63) is 48.7 Å². The molecule has 0 aliphatic carbocycles. The first kappa shape index (κ1) is 21.7. The molecule has 0 N–H and O–H groups in total. The molecule has 1 aromatic carbocycles. The molecule has 1 aliphatic rings. The highest BCUT2D eigenvalue weighted by atomic mass is 32.2. The Morgan fingerprint density at radius 2 is 1.88 bits per heavy atom. The fraction of sp³-hybridized carbons (Fsp3) is 0.261. The van der Waals surface area contributed by atoms with Crippen molar-refractivity contribution in [2.24, 2.45) is 0 Å². The van der Waals surface area contributed by atoms with E-state index in [1.165, 1.54) is 6.26 Å². The van der Waals surface area contributed by atoms with Gasteiger partial charge < -0.3 is 14.4 Å². The van der Waals surface area contributed by atoms with E-state index in [0.29, 0.717) is 29.8 Å². The van der Waals surface area contributed by atoms with Gasteiger partial charge in [-0.1, -0.05) is 12.1 Å². The van der Waals surface area contributed by atoms with Gasteiger partial charge in [0.1, 0.15) is 0 Å². The Kier molecular flexibility index (Phi) is 5.73. The third-order valence-corrected chi connectivity index (χ3v) is 7.69. The summed E-state index contributed by atoms with van der Waals surface area (Å²) in [6.07, 6.45) is 2.92. The van der Waals surface area contributed by atoms with Gasteiger partial charge in [0.25, 0.3) is 0 Å². The summed E-state index contributed by atoms with van der Waals surface area (Å²) in [5, 5.41) is 0. The molecule has 170 valence electrons. The number of ether oxygens (including phenoxy) is 2. The summed E-state index contributed by atoms with van der Waals surface area (Å²) < 4.78 is 35.7. The second-order valence-electron chi connectivity index (χ2n) is 7.68. The molecular formula is C23H22N4O4S2. The van der Waals surface area contributed by atoms with Crippen molar-refractivity contribution in [1.82, 2.24) is 15.0 Å². The second kappa shape index (κ2) is 8.69. The number of sulfone groups is 1. The zero-order valence-corrected chi connectivity index (χ0v) is 19.8. The zero-order chi connectivity index (χ0) is 23.0. The van der Waals surface area contributed by atoms with Gasteiger partial charge in [-0.2, -0.15) is 0 Å². The number of rotatable bonds is 5. The summed E-state index contributed by atoms with van der Waals surface area (Å²) in [6.45, 7) is 2.76. The summed E-state index contributed by atoms with van der Waals surface area (Å²) in [5.41, 5.74) is 2.43. The Hall–Kier alpha value is -3.08. The number of hydrogen-bond donors (Lipinski definition) is 0. The highest BCUT2D eigenvalue weighted by Crippen LogP contribution is 2.39. The number of morpholine rings is 1. The van der Waals surface area contributed by atoms with Gasteiger partial charge >= 0.3 is 0 Å². The van der Waals surface area contributed by atoms with Crippen molar-refractivity contribution in [2.75, 3.05) is 44.6 Å². The molecule has 4 heterocycles. The van der Waals surface area contributed by atoms with Gasteiger partial charge in [0.15, 0.2) is 21.5 Å². The van der Waals surface area contributed by atoms with Crippen LogP contribution in [0.1, 0.15) is 0 Å². The van der Waals surface area contributed by atoms with E-state index in [0.717, 1.165) is 45.1 Å². The van der Waals surface area contributed by atoms with Crippen LogP contribution in [-0.4, -0.2) is 63.0 Å². The Morgan fingerprint density at radius 3 is 2.58 bits per heavy atom. The minimum atomic E-state index is -3.30. The lowest BCUT2D eigenvalue weighted by Crippen LogP contribution is -2.36. The predicted molar refractivity (Wildman–Crippen MR) is 129 cm³/mol. The lowest BCUT2D eigenvalue weighted by molar-refractivity contribution is 0.122. The van der Waals surface area contributed by atoms with Crippen LogP contribution in [0.3, 0.4) is 0 Å². The Morgan fingerprint density at radius 1 is 1.06 bits per heavy atom. The van der Waals surface area contributed by atoms with Gasteiger partial charge in [-0.25, -0.2) is 23.4 Å². The second-order valence-corrected chi connectivity index (χ2v) is 10.8. The first-order valence-electron chi connectivity index (χ1n) is 10.4. The van der Waals surface area contributed by atoms with E-state index >= 15 is 0 Å². The fourth-order valence-corrected chi connectivity index (χ4v) is 5.47. The number of hydrogen-bond acceptors (Lipinski definition) is 9. The molecule has 8 nitrogen and oxygen atoms in total. The molecule has 1 saturated heterocycles. The van der Waals surface area contributed by atoms with Crippen LogP contribution < -0.4 is 9.64 Å². The van der Waals surface area contributed by atoms with Gasteiger partial charge in [0.05, 0.1) is 35.4 Å². The van der Waals surface area contributed by atoms with E-state index < -0.39 is 9.84 Å². The number of methoxy groups -OCH3 is 1. The van der Waals surface area contributed by atoms with Crippen molar-refractivity contribution in [2.45, 2.75) is 4.90 Å². The van der Waals surface area contributed by atoms with E-state index in [1.54, 1.807) is 48.9 Å². The minimum Gasteiger partial charge on any atom is -0.481 e. The van der Waals surface area contributed by atoms with Crippen LogP contribution in [0.2, 0.25) is 0 Å². The van der Waals surface area contributed by atoms with Gasteiger partial charge in [0, 0.05) is 42.0 Å². The summed E-state index contributed by atoms with van der Waals surface area (Å²) in [4.78, 5) is 17.5. The monoisotopic (exact) mass is 482 g/mol. The zero-order valence-electron chi connectivity index (χ0n) is 18.2. The maximum absolute atomic E-state index is 12.0. The summed E-state index contributed by atoms with van der Waals surface area (Å²) in [5.74, 6) is 1.95. The van der Waals surface area contributed by atoms with Crippen molar-refractivity contribution in [1.29, 1.82) is 0 Å². The van der Waals surface area contributed by atoms with Crippen molar-refractivity contribution < 1.29 is 17.9 Å². The first-order valence-corrected chi connectivity index (χ1v) is 13.1. The lowest BCUT2D eigenvalue weighted by atomic mass is 10.2. The predicted octanol–water partition coefficient (Wildman–Crippen LogP) is 3.67. The molecule has 0 saturated carbocycles. The Balaban J connectivity index is 1.66. The molecule has 0 spiro atoms. The molecule has 0 amide bonds. The lowest BCUT2D eigenvalue weighted by Gasteiger charge is -2.28. The first-order chi connectivity index (χ1) is 15.9. The smallest absolute Gasteiger partial charge is 0.212 e. The average molecular weight is 483 g/mol. The van der Waals surface area contributed by atoms with E-state index in [4.69, 9.17) is 19.4 Å². The summed E-state index contributed by atoms with van der Waals surface area (Å²) in [6, 6.07) is 12.7. The number of anilines is 1. The normalized spacial score (nSPS) is 14.5. The Bertz CT molecular complexity index is 1410. The third-order valence-electron chi connectivity index (χ3n) is 5.41. The average Bonchev–Trinajstić information content (AvgIpc) is 3.28. The fourth-order valence-electron chi connectivity index (χ4n) is 3.69. The molecule has 5 rings (SSSR count). The van der Waals surface area contributed by atoms with Crippen LogP contribution in [0.15, 0.2) is 53.6 Å². The SMILES string of the molecule is COc1ccc(-c2nc(N3CCOCC3)c3sc(-c4cccc(S(C)(=O)=O)c4)cc3n2)cn1. The topological polar surface area (TPSA) is 94.5 Å². The van der Waals surface area contributed by atoms with Crippen LogP contribution in [0.5, 0.6) is 5.88 Å². The standard InChI is InChI=1S/C23H22N4O4S2/c1-30-20-7-6-16(14-24-20)22-25-18-13-19(15-4-3-5-17(12-15)33(2,28)29)32-21(18)23(26-22)27-8-10-31-11-9-27/h3-7,12-14H,8-11H2,1-2H3. The maximum Gasteiger partial charge on any atom is 0.212 e. The summed E-state index contributed by atoms with van der Waals surface area (Å²) >= 11 is 1.56. The van der Waals surface area contributed by atoms with Gasteiger partial charge in [-0.15, -0.1) is 11.3 Å². The highest BCUT2D eigenvalue weighted by Gasteiger charge is 2.21. The molecule has 33 heavy (non-hydrogen) atoms. The van der Waals surface area contributed by atoms with Gasteiger partial charge in [-0.3, -0.25) is 0 Å². The number of nitrogens with zero attached hydrogens (tertiary/aromatic N) is 4. The van der Waals surface area contributed by atoms with Crippen LogP contribution in [0, 0.1) is 0 Å². The van der Waals surface area contributed by atoms with Crippen molar-refractivity contribution in [3.63, 3.8) is 0 Å². The van der Waals surface area contributed by atoms with Crippen LogP contribution in [-0.2, 0) is 14.6 Å². The number of pyridine rings is 1. The number of thiophene rings is 1. The number of fused-ring (bicyclic) bond motifs is 1. The van der Waals surface area contributed by atoms with Crippen molar-refractivity contribution in [3.8, 4) is 27.7 Å². The van der Waals surface area contributed by atoms with E-state index in [2.05, 4.69) is 9.88 Å². The molecule has 0 unspecified atom stereocenters. The molecule has 1 fully saturated rings. The highest BCUT2D eigenvalue weighted by molar-refractivity contribution is 7.90. The van der Waals surface area contributed by atoms with Crippen LogP contribution >= 0.6 is 11.3 Å². The molecular weight excluding hydrogens is 460 g/mol. The Labute approximate surface area is 195 Å². The summed E-state index contributed by atoms with van der Waals surface area (Å²) in [7, 11) is -1.72. The molecule has 0 bridgehead atoms. The molecule has 1 aliphatic heterocycles. The molecule has 0 radical (unpaired) electrons. The van der Waals surface area contributed by atoms with Gasteiger partial charge in [-0.05, 0) is 29.8 Å². The van der Waals surface area contributed by atoms with E-state index in [1.807, 2.05) is 18.2 Å². The van der Waals surface area contributed by atoms with E-state index in [9.17, 15) is 8.42 Å². The van der Waals surface area contributed by atoms with Crippen LogP contribution in [0.25, 0.3) is 32.0 Å². The minimum absolute atomic E-state index is 0.293. The quantitative estimate of drug-likeness (QED) is 0.425. The molecule has 4 aromatic rings. The molecule has 10 heteroatoms. The van der Waals surface area contributed by atoms with Crippen molar-refractivity contribution >= 4 is 37.2 Å². The molecule has 0 atom stereocenters. The van der Waals surface area contributed by atoms with Gasteiger partial charge in [0.2, 0.25) is 5.88 Å². The third kappa shape index (κ3) is 4.41. The maximum atomic E-state index is 12.0.